The van der Waals surface area contributed by atoms with E-state index in [-0.39, 0.29) is 202 Å². The number of azo groups is 2. The van der Waals surface area contributed by atoms with Crippen LogP contribution < -0.4 is 10.0 Å². The molecule has 0 aromatic heterocycles. The van der Waals surface area contributed by atoms with Crippen LogP contribution in [0, 0.1) is 0 Å². The van der Waals surface area contributed by atoms with Crippen LogP contribution in [0.5, 0.6) is 0 Å². The quantitative estimate of drug-likeness (QED) is 0.0956. The van der Waals surface area contributed by atoms with Gasteiger partial charge in [0.05, 0.1) is 63.5 Å². The van der Waals surface area contributed by atoms with Crippen LogP contribution in [-0.4, -0.2) is 260 Å². The topological polar surface area (TPSA) is 458 Å². The summed E-state index contributed by atoms with van der Waals surface area (Å²) in [6, 6.07) is 16.1. The number of anilines is 2. The first-order valence-electron chi connectivity index (χ1n) is 19.8. The third-order valence-corrected chi connectivity index (χ3v) is 15.6. The van der Waals surface area contributed by atoms with Crippen LogP contribution in [0.1, 0.15) is 13.8 Å². The number of amides is 2. The molecule has 6 aromatic carbocycles. The first-order chi connectivity index (χ1) is 34.1. The molecule has 77 heavy (non-hydrogen) atoms. The Bertz CT molecular complexity index is 3960. The third-order valence-electron chi connectivity index (χ3n) is 10.4. The summed E-state index contributed by atoms with van der Waals surface area (Å²) < 4.78 is 207. The molecule has 6 aromatic rings. The molecule has 2 atom stereocenters. The first kappa shape index (κ1) is 67.0. The molecule has 2 amide bonds. The SMILES string of the molecule is CC1=NN(c2ccc(S(=O)(=O)[O-])cc2)C(=O)C1N=Nc1cc(S(=O)(=O)[O-])c2cccc(S(=O)(=O)[O-])c2c1.CC1=NN(c2ccc(S(=O)(=O)[O-])cc2)C(=O)C1N=Nc1cc(S(=O)(=O)[O-])c2cccc(S(=O)(=O)[O-])c2c1.[Ba+2].[Ba+2].[Ba+2]. The Morgan fingerprint density at radius 1 is 0.403 bits per heavy atom. The van der Waals surface area contributed by atoms with Crippen LogP contribution in [0.25, 0.3) is 21.5 Å². The predicted molar refractivity (Wildman–Crippen MR) is 264 cm³/mol. The molecule has 2 aliphatic rings. The Morgan fingerprint density at radius 3 is 0.974 bits per heavy atom. The number of rotatable bonds is 12. The van der Waals surface area contributed by atoms with E-state index in [2.05, 4.69) is 30.7 Å². The van der Waals surface area contributed by atoms with E-state index in [0.29, 0.717) is 0 Å². The minimum Gasteiger partial charge on any atom is -0.744 e. The standard InChI is InChI=1S/2C20H16N4O10S3.3Ba/c2*1-11-19(20(25)24(23-11)13-5-7-14(8-6-13)35(26,27)28)22-21-12-9-16-15(18(10-12)37(32,33)34)3-2-4-17(16)36(29,30)31;;;/h2*2-10,19H,1H3,(H,26,27,28)(H,29,30,31)(H,32,33,34);;;/q;;3*+2/p-6. The normalized spacial score (nSPS) is 16.4. The van der Waals surface area contributed by atoms with Crippen molar-refractivity contribution in [1.29, 1.82) is 0 Å². The van der Waals surface area contributed by atoms with Gasteiger partial charge in [-0.25, -0.2) is 50.5 Å². The Balaban J connectivity index is 0.000000320. The average Bonchev–Trinajstić information content (AvgIpc) is 3.75. The van der Waals surface area contributed by atoms with E-state index >= 15 is 0 Å². The zero-order chi connectivity index (χ0) is 54.7. The molecule has 2 heterocycles. The van der Waals surface area contributed by atoms with E-state index in [1.54, 1.807) is 0 Å². The smallest absolute Gasteiger partial charge is 0.744 e. The van der Waals surface area contributed by atoms with Gasteiger partial charge in [-0.15, -0.1) is 0 Å². The van der Waals surface area contributed by atoms with Crippen molar-refractivity contribution < 1.29 is 87.4 Å². The van der Waals surface area contributed by atoms with Crippen molar-refractivity contribution in [2.75, 3.05) is 10.0 Å². The molecule has 0 N–H and O–H groups in total. The van der Waals surface area contributed by atoms with Crippen LogP contribution in [0.2, 0.25) is 0 Å². The number of carbonyl (C=O) groups excluding carboxylic acids is 2. The summed E-state index contributed by atoms with van der Waals surface area (Å²) in [5, 5.41) is 23.7. The Kier molecular flexibility index (Phi) is 22.0. The van der Waals surface area contributed by atoms with Gasteiger partial charge in [-0.05, 0) is 98.8 Å². The van der Waals surface area contributed by atoms with Crippen molar-refractivity contribution in [3.05, 3.63) is 109 Å². The molecule has 0 saturated heterocycles. The van der Waals surface area contributed by atoms with Crippen molar-refractivity contribution in [3.8, 4) is 0 Å². The summed E-state index contributed by atoms with van der Waals surface area (Å²) in [5.41, 5.74) is -0.163. The van der Waals surface area contributed by atoms with Crippen molar-refractivity contribution in [3.63, 3.8) is 0 Å². The van der Waals surface area contributed by atoms with E-state index in [1.165, 1.54) is 38.1 Å². The van der Waals surface area contributed by atoms with Gasteiger partial charge in [0.15, 0.2) is 12.1 Å². The van der Waals surface area contributed by atoms with Crippen LogP contribution in [0.4, 0.5) is 22.7 Å². The minimum absolute atomic E-state index is 0. The summed E-state index contributed by atoms with van der Waals surface area (Å²) in [6.07, 6.45) is 0. The van der Waals surface area contributed by atoms with E-state index in [4.69, 9.17) is 0 Å². The van der Waals surface area contributed by atoms with Crippen LogP contribution in [0.15, 0.2) is 169 Å². The molecule has 2 aliphatic heterocycles. The molecule has 0 bridgehead atoms. The summed E-state index contributed by atoms with van der Waals surface area (Å²) in [4.78, 5) is 21.4. The fourth-order valence-electron chi connectivity index (χ4n) is 7.09. The molecular weight excluding hydrogens is 1520 g/mol. The van der Waals surface area contributed by atoms with Gasteiger partial charge in [-0.1, -0.05) is 24.3 Å². The Labute approximate surface area is 558 Å². The predicted octanol–water partition coefficient (Wildman–Crippen LogP) is 1.71. The second-order valence-corrected chi connectivity index (χ2v) is 23.5. The van der Waals surface area contributed by atoms with E-state index in [1.807, 2.05) is 0 Å². The molecule has 0 spiro atoms. The average molecular weight is 1540 g/mol. The maximum absolute atomic E-state index is 12.9. The van der Waals surface area contributed by atoms with Crippen LogP contribution in [0.3, 0.4) is 0 Å². The number of nitrogens with zero attached hydrogens (tertiary/aromatic N) is 8. The molecule has 0 fully saturated rings. The van der Waals surface area contributed by atoms with Crippen LogP contribution in [-0.2, 0) is 70.3 Å². The number of hydrogen-bond acceptors (Lipinski definition) is 26. The van der Waals surface area contributed by atoms with Gasteiger partial charge >= 0.3 is 147 Å². The number of benzene rings is 6. The second kappa shape index (κ2) is 25.3. The minimum atomic E-state index is -5.14. The Hall–Kier alpha value is -2.51. The van der Waals surface area contributed by atoms with Crippen molar-refractivity contribution in [2.24, 2.45) is 30.7 Å². The molecule has 28 nitrogen and oxygen atoms in total. The largest absolute Gasteiger partial charge is 2.00 e. The molecule has 37 heteroatoms. The summed E-state index contributed by atoms with van der Waals surface area (Å²) in [5.74, 6) is -1.47. The van der Waals surface area contributed by atoms with Gasteiger partial charge in [-0.3, -0.25) is 9.59 Å². The van der Waals surface area contributed by atoms with E-state index < -0.39 is 114 Å². The van der Waals surface area contributed by atoms with Crippen molar-refractivity contribution in [1.82, 2.24) is 0 Å². The van der Waals surface area contributed by atoms with Gasteiger partial charge < -0.3 is 27.3 Å². The van der Waals surface area contributed by atoms with E-state index in [0.717, 1.165) is 94.9 Å². The molecule has 0 aliphatic carbocycles. The Morgan fingerprint density at radius 2 is 0.701 bits per heavy atom. The van der Waals surface area contributed by atoms with Crippen molar-refractivity contribution >= 4 is 275 Å². The monoisotopic (exact) mass is 1540 g/mol. The van der Waals surface area contributed by atoms with Crippen molar-refractivity contribution in [2.45, 2.75) is 55.3 Å². The molecule has 0 saturated carbocycles. The summed E-state index contributed by atoms with van der Waals surface area (Å²) in [7, 11) is -29.8. The maximum atomic E-state index is 12.9. The second-order valence-electron chi connectivity index (χ2n) is 15.3. The van der Waals surface area contributed by atoms with E-state index in [9.17, 15) is 87.4 Å². The summed E-state index contributed by atoms with van der Waals surface area (Å²) >= 11 is 0. The fourth-order valence-corrected chi connectivity index (χ4v) is 10.8. The molecular formula is C40H26Ba3N8O20S6. The number of hydrazone groups is 2. The zero-order valence-corrected chi connectivity index (χ0v) is 57.1. The van der Waals surface area contributed by atoms with Gasteiger partial charge in [0.2, 0.25) is 0 Å². The number of fused-ring (bicyclic) bond motifs is 2. The van der Waals surface area contributed by atoms with Gasteiger partial charge in [0, 0.05) is 21.5 Å². The number of carbonyl (C=O) groups is 2. The molecule has 2 unspecified atom stereocenters. The molecule has 388 valence electrons. The van der Waals surface area contributed by atoms with Gasteiger partial charge in [0.1, 0.15) is 60.7 Å². The zero-order valence-electron chi connectivity index (χ0n) is 38.9. The van der Waals surface area contributed by atoms with Crippen LogP contribution >= 0.6 is 0 Å². The molecule has 8 rings (SSSR count). The third kappa shape index (κ3) is 15.5. The maximum Gasteiger partial charge on any atom is 2.00 e. The van der Waals surface area contributed by atoms with Gasteiger partial charge in [-0.2, -0.15) is 40.7 Å². The molecule has 0 radical (unpaired) electrons. The summed E-state index contributed by atoms with van der Waals surface area (Å²) in [6.45, 7) is 2.85. The first-order valence-corrected chi connectivity index (χ1v) is 28.3. The fraction of sp³-hybridized carbons (Fsp3) is 0.100. The van der Waals surface area contributed by atoms with Gasteiger partial charge in [0.25, 0.3) is 11.8 Å². The number of hydrogen-bond donors (Lipinski definition) is 0.